The number of benzene rings is 1. The van der Waals surface area contributed by atoms with Gasteiger partial charge in [0.15, 0.2) is 0 Å². The first-order chi connectivity index (χ1) is 10.8. The first-order valence-corrected chi connectivity index (χ1v) is 7.79. The van der Waals surface area contributed by atoms with Crippen molar-refractivity contribution < 1.29 is 4.79 Å². The lowest BCUT2D eigenvalue weighted by Crippen LogP contribution is -2.24. The van der Waals surface area contributed by atoms with Gasteiger partial charge in [0.1, 0.15) is 0 Å². The molecule has 0 unspecified atom stereocenters. The quantitative estimate of drug-likeness (QED) is 0.885. The Morgan fingerprint density at radius 1 is 1.41 bits per heavy atom. The number of carbonyl (C=O) groups excluding carboxylic acids is 1. The van der Waals surface area contributed by atoms with Gasteiger partial charge in [0.05, 0.1) is 17.5 Å². The number of hydrogen-bond acceptors (Lipinski definition) is 3. The van der Waals surface area contributed by atoms with E-state index in [1.54, 1.807) is 13.2 Å². The van der Waals surface area contributed by atoms with Gasteiger partial charge < -0.3 is 10.2 Å². The second-order valence-electron chi connectivity index (χ2n) is 5.80. The minimum atomic E-state index is -0.0634. The lowest BCUT2D eigenvalue weighted by atomic mass is 10.0. The first kappa shape index (κ1) is 14.8. The highest BCUT2D eigenvalue weighted by Gasteiger charge is 2.28. The zero-order valence-corrected chi connectivity index (χ0v) is 12.9. The highest BCUT2D eigenvalue weighted by Crippen LogP contribution is 2.28. The van der Waals surface area contributed by atoms with E-state index in [-0.39, 0.29) is 5.91 Å². The van der Waals surface area contributed by atoms with Gasteiger partial charge in [-0.3, -0.25) is 9.89 Å². The molecule has 1 amide bonds. The number of carbonyl (C=O) groups is 1. The van der Waals surface area contributed by atoms with Crippen LogP contribution in [0.2, 0.25) is 0 Å². The molecule has 0 aliphatic carbocycles. The van der Waals surface area contributed by atoms with E-state index in [0.29, 0.717) is 11.5 Å². The summed E-state index contributed by atoms with van der Waals surface area (Å²) in [6.07, 6.45) is 3.76. The van der Waals surface area contributed by atoms with Crippen LogP contribution in [0.3, 0.4) is 0 Å². The highest BCUT2D eigenvalue weighted by atomic mass is 16.1. The number of nitrogens with one attached hydrogen (secondary N) is 2. The molecular weight excluding hydrogens is 276 g/mol. The van der Waals surface area contributed by atoms with Crippen LogP contribution in [0.15, 0.2) is 36.5 Å². The number of H-pyrrole nitrogens is 1. The topological polar surface area (TPSA) is 61.0 Å². The number of aromatic nitrogens is 2. The molecule has 1 aromatic carbocycles. The lowest BCUT2D eigenvalue weighted by molar-refractivity contribution is 0.0961. The maximum atomic E-state index is 11.9. The molecule has 1 atom stereocenters. The third-order valence-corrected chi connectivity index (χ3v) is 4.38. The van der Waals surface area contributed by atoms with Crippen molar-refractivity contribution >= 4 is 5.91 Å². The fraction of sp³-hybridized carbons (Fsp3) is 0.412. The van der Waals surface area contributed by atoms with E-state index in [9.17, 15) is 4.79 Å². The molecule has 116 valence electrons. The molecule has 1 aliphatic heterocycles. The Morgan fingerprint density at radius 2 is 2.23 bits per heavy atom. The van der Waals surface area contributed by atoms with E-state index < -0.39 is 0 Å². The first-order valence-electron chi connectivity index (χ1n) is 7.79. The molecule has 0 spiro atoms. The van der Waals surface area contributed by atoms with E-state index in [0.717, 1.165) is 38.2 Å². The summed E-state index contributed by atoms with van der Waals surface area (Å²) < 4.78 is 0. The molecule has 5 heteroatoms. The van der Waals surface area contributed by atoms with Gasteiger partial charge in [-0.1, -0.05) is 30.3 Å². The SMILES string of the molecule is CNC(=O)c1cn[nH]c1[C@H]1CCN(CCc2ccccc2)C1. The molecule has 0 saturated carbocycles. The van der Waals surface area contributed by atoms with Crippen LogP contribution in [0, 0.1) is 0 Å². The summed E-state index contributed by atoms with van der Waals surface area (Å²) in [7, 11) is 1.65. The largest absolute Gasteiger partial charge is 0.355 e. The Labute approximate surface area is 130 Å². The molecule has 3 rings (SSSR count). The van der Waals surface area contributed by atoms with Crippen molar-refractivity contribution in [3.05, 3.63) is 53.3 Å². The van der Waals surface area contributed by atoms with E-state index in [1.165, 1.54) is 5.56 Å². The maximum absolute atomic E-state index is 11.9. The van der Waals surface area contributed by atoms with Crippen LogP contribution in [0.4, 0.5) is 0 Å². The number of nitrogens with zero attached hydrogens (tertiary/aromatic N) is 2. The molecule has 2 aromatic rings. The van der Waals surface area contributed by atoms with Gasteiger partial charge >= 0.3 is 0 Å². The predicted octanol–water partition coefficient (Wildman–Crippen LogP) is 1.80. The molecular formula is C17H22N4O. The number of hydrogen-bond donors (Lipinski definition) is 2. The Morgan fingerprint density at radius 3 is 3.00 bits per heavy atom. The summed E-state index contributed by atoms with van der Waals surface area (Å²) in [6.45, 7) is 3.12. The fourth-order valence-corrected chi connectivity index (χ4v) is 3.13. The van der Waals surface area contributed by atoms with Crippen molar-refractivity contribution in [2.24, 2.45) is 0 Å². The monoisotopic (exact) mass is 298 g/mol. The standard InChI is InChI=1S/C17H22N4O/c1-18-17(22)15-11-19-20-16(15)14-8-10-21(12-14)9-7-13-5-3-2-4-6-13/h2-6,11,14H,7-10,12H2,1H3,(H,18,22)(H,19,20)/t14-/m0/s1. The van der Waals surface area contributed by atoms with Gasteiger partial charge in [-0.25, -0.2) is 0 Å². The highest BCUT2D eigenvalue weighted by molar-refractivity contribution is 5.95. The van der Waals surface area contributed by atoms with Crippen molar-refractivity contribution in [3.63, 3.8) is 0 Å². The van der Waals surface area contributed by atoms with Crippen molar-refractivity contribution in [3.8, 4) is 0 Å². The van der Waals surface area contributed by atoms with Gasteiger partial charge in [0.2, 0.25) is 0 Å². The Bertz CT molecular complexity index is 623. The average molecular weight is 298 g/mol. The van der Waals surface area contributed by atoms with Crippen molar-refractivity contribution in [2.45, 2.75) is 18.8 Å². The van der Waals surface area contributed by atoms with Gasteiger partial charge in [0.25, 0.3) is 5.91 Å². The molecule has 22 heavy (non-hydrogen) atoms. The van der Waals surface area contributed by atoms with Gasteiger partial charge in [-0.2, -0.15) is 5.10 Å². The van der Waals surface area contributed by atoms with E-state index in [2.05, 4.69) is 44.7 Å². The second kappa shape index (κ2) is 6.75. The molecule has 5 nitrogen and oxygen atoms in total. The summed E-state index contributed by atoms with van der Waals surface area (Å²) in [5.74, 6) is 0.303. The van der Waals surface area contributed by atoms with Gasteiger partial charge in [-0.05, 0) is 24.9 Å². The van der Waals surface area contributed by atoms with Crippen LogP contribution in [-0.4, -0.2) is 47.7 Å². The Kier molecular flexibility index (Phi) is 4.53. The van der Waals surface area contributed by atoms with Gasteiger partial charge in [-0.15, -0.1) is 0 Å². The summed E-state index contributed by atoms with van der Waals surface area (Å²) in [5.41, 5.74) is 3.03. The molecule has 1 saturated heterocycles. The second-order valence-corrected chi connectivity index (χ2v) is 5.80. The molecule has 1 fully saturated rings. The van der Waals surface area contributed by atoms with Crippen LogP contribution in [0.5, 0.6) is 0 Å². The minimum Gasteiger partial charge on any atom is -0.355 e. The average Bonchev–Trinajstić information content (AvgIpc) is 3.22. The number of aromatic amines is 1. The van der Waals surface area contributed by atoms with Crippen LogP contribution < -0.4 is 5.32 Å². The third kappa shape index (κ3) is 3.20. The number of amides is 1. The summed E-state index contributed by atoms with van der Waals surface area (Å²) in [4.78, 5) is 14.3. The van der Waals surface area contributed by atoms with Crippen LogP contribution >= 0.6 is 0 Å². The Hall–Kier alpha value is -2.14. The molecule has 0 radical (unpaired) electrons. The molecule has 0 bridgehead atoms. The van der Waals surface area contributed by atoms with E-state index in [4.69, 9.17) is 0 Å². The van der Waals surface area contributed by atoms with Crippen LogP contribution in [0.25, 0.3) is 0 Å². The van der Waals surface area contributed by atoms with Crippen LogP contribution in [-0.2, 0) is 6.42 Å². The summed E-state index contributed by atoms with van der Waals surface area (Å²) >= 11 is 0. The summed E-state index contributed by atoms with van der Waals surface area (Å²) in [5, 5.41) is 9.75. The molecule has 1 aliphatic rings. The van der Waals surface area contributed by atoms with Crippen molar-refractivity contribution in [1.82, 2.24) is 20.4 Å². The van der Waals surface area contributed by atoms with Crippen LogP contribution in [0.1, 0.15) is 34.0 Å². The normalized spacial score (nSPS) is 18.5. The minimum absolute atomic E-state index is 0.0634. The third-order valence-electron chi connectivity index (χ3n) is 4.38. The summed E-state index contributed by atoms with van der Waals surface area (Å²) in [6, 6.07) is 10.6. The van der Waals surface area contributed by atoms with Gasteiger partial charge in [0, 0.05) is 26.1 Å². The zero-order valence-electron chi connectivity index (χ0n) is 12.9. The zero-order chi connectivity index (χ0) is 15.4. The fourth-order valence-electron chi connectivity index (χ4n) is 3.13. The predicted molar refractivity (Wildman–Crippen MR) is 85.9 cm³/mol. The van der Waals surface area contributed by atoms with Crippen molar-refractivity contribution in [1.29, 1.82) is 0 Å². The number of likely N-dealkylation sites (tertiary alicyclic amines) is 1. The molecule has 2 N–H and O–H groups in total. The number of rotatable bonds is 5. The van der Waals surface area contributed by atoms with E-state index in [1.807, 2.05) is 6.07 Å². The lowest BCUT2D eigenvalue weighted by Gasteiger charge is -2.16. The van der Waals surface area contributed by atoms with E-state index >= 15 is 0 Å². The Balaban J connectivity index is 1.58. The smallest absolute Gasteiger partial charge is 0.254 e. The maximum Gasteiger partial charge on any atom is 0.254 e. The molecule has 1 aromatic heterocycles. The molecule has 2 heterocycles. The van der Waals surface area contributed by atoms with Crippen molar-refractivity contribution in [2.75, 3.05) is 26.7 Å².